The lowest BCUT2D eigenvalue weighted by Crippen LogP contribution is -3.13. The van der Waals surface area contributed by atoms with Gasteiger partial charge in [-0.2, -0.15) is 5.10 Å². The van der Waals surface area contributed by atoms with Gasteiger partial charge in [0, 0.05) is 6.42 Å². The van der Waals surface area contributed by atoms with Gasteiger partial charge in [-0.05, 0) is 54.7 Å². The Morgan fingerprint density at radius 2 is 1.57 bits per heavy atom. The number of carbonyl (C=O) groups is 1. The second-order valence-corrected chi connectivity index (χ2v) is 7.55. The largest absolute Gasteiger partial charge is 0.327 e. The van der Waals surface area contributed by atoms with Crippen molar-refractivity contribution in [2.45, 2.75) is 31.7 Å². The lowest BCUT2D eigenvalue weighted by atomic mass is 9.98. The monoisotopic (exact) mass is 384 g/mol. The highest BCUT2D eigenvalue weighted by molar-refractivity contribution is 6.03. The normalized spacial score (nSPS) is 20.3. The van der Waals surface area contributed by atoms with E-state index in [4.69, 9.17) is 0 Å². The minimum Gasteiger partial charge on any atom is -0.327 e. The fraction of sp³-hybridized carbons (Fsp3) is 0.364. The molecule has 1 saturated heterocycles. The molecule has 1 fully saturated rings. The quantitative estimate of drug-likeness (QED) is 0.865. The van der Waals surface area contributed by atoms with Gasteiger partial charge in [0.25, 0.3) is 5.91 Å². The summed E-state index contributed by atoms with van der Waals surface area (Å²) < 4.78 is 26.6. The molecule has 0 radical (unpaired) electrons. The third-order valence-electron chi connectivity index (χ3n) is 5.56. The lowest BCUT2D eigenvalue weighted by molar-refractivity contribution is -0.897. The second kappa shape index (κ2) is 8.19. The van der Waals surface area contributed by atoms with Crippen LogP contribution in [0.15, 0.2) is 53.6 Å². The molecule has 0 aliphatic carbocycles. The molecule has 2 aromatic rings. The van der Waals surface area contributed by atoms with E-state index in [-0.39, 0.29) is 23.6 Å². The lowest BCUT2D eigenvalue weighted by Gasteiger charge is -2.27. The second-order valence-electron chi connectivity index (χ2n) is 7.55. The molecule has 1 atom stereocenters. The molecule has 28 heavy (non-hydrogen) atoms. The number of carbonyl (C=O) groups excluding carboxylic acids is 1. The van der Waals surface area contributed by atoms with Crippen LogP contribution >= 0.6 is 0 Å². The SMILES string of the molecule is O=C(C[NH+]1CCCCC1)N1N=C(c2ccc(F)cc2)C[C@@H]1c1ccc(F)cc1. The van der Waals surface area contributed by atoms with Crippen molar-refractivity contribution < 1.29 is 18.5 Å². The van der Waals surface area contributed by atoms with Crippen molar-refractivity contribution in [3.05, 3.63) is 71.3 Å². The van der Waals surface area contributed by atoms with Gasteiger partial charge >= 0.3 is 0 Å². The molecule has 2 heterocycles. The summed E-state index contributed by atoms with van der Waals surface area (Å²) in [6.07, 6.45) is 4.05. The van der Waals surface area contributed by atoms with E-state index in [2.05, 4.69) is 5.10 Å². The molecule has 2 aliphatic rings. The Balaban J connectivity index is 1.59. The van der Waals surface area contributed by atoms with E-state index < -0.39 is 0 Å². The number of rotatable bonds is 4. The molecule has 0 unspecified atom stereocenters. The van der Waals surface area contributed by atoms with Crippen LogP contribution in [0.3, 0.4) is 0 Å². The fourth-order valence-corrected chi connectivity index (χ4v) is 4.03. The molecule has 0 bridgehead atoms. The van der Waals surface area contributed by atoms with Gasteiger partial charge in [0.05, 0.1) is 24.8 Å². The Morgan fingerprint density at radius 1 is 0.964 bits per heavy atom. The summed E-state index contributed by atoms with van der Waals surface area (Å²) in [5, 5.41) is 6.15. The number of nitrogens with one attached hydrogen (secondary N) is 1. The van der Waals surface area contributed by atoms with E-state index >= 15 is 0 Å². The first-order valence-electron chi connectivity index (χ1n) is 9.84. The van der Waals surface area contributed by atoms with Crippen molar-refractivity contribution in [1.82, 2.24) is 5.01 Å². The Kier molecular flexibility index (Phi) is 5.48. The first-order valence-corrected chi connectivity index (χ1v) is 9.84. The Hall–Kier alpha value is -2.60. The zero-order chi connectivity index (χ0) is 19.5. The first kappa shape index (κ1) is 18.7. The molecule has 4 rings (SSSR count). The van der Waals surface area contributed by atoms with E-state index in [1.54, 1.807) is 29.3 Å². The molecule has 0 saturated carbocycles. The minimum atomic E-state index is -0.308. The highest BCUT2D eigenvalue weighted by Gasteiger charge is 2.35. The molecule has 146 valence electrons. The van der Waals surface area contributed by atoms with Gasteiger partial charge < -0.3 is 4.90 Å². The Labute approximate surface area is 163 Å². The summed E-state index contributed by atoms with van der Waals surface area (Å²) in [6.45, 7) is 2.43. The van der Waals surface area contributed by atoms with Crippen LogP contribution in [-0.4, -0.2) is 36.3 Å². The summed E-state index contributed by atoms with van der Waals surface area (Å²) in [4.78, 5) is 14.4. The van der Waals surface area contributed by atoms with Gasteiger partial charge in [0.1, 0.15) is 11.6 Å². The molecule has 0 spiro atoms. The van der Waals surface area contributed by atoms with Gasteiger partial charge in [-0.15, -0.1) is 0 Å². The van der Waals surface area contributed by atoms with Crippen molar-refractivity contribution >= 4 is 11.6 Å². The predicted molar refractivity (Wildman–Crippen MR) is 103 cm³/mol. The predicted octanol–water partition coefficient (Wildman–Crippen LogP) is 2.71. The Morgan fingerprint density at radius 3 is 2.21 bits per heavy atom. The summed E-state index contributed by atoms with van der Waals surface area (Å²) in [5.41, 5.74) is 2.40. The molecule has 0 aromatic heterocycles. The summed E-state index contributed by atoms with van der Waals surface area (Å²) in [6, 6.07) is 12.1. The number of hydrogen-bond donors (Lipinski definition) is 1. The number of amides is 1. The van der Waals surface area contributed by atoms with Gasteiger partial charge in [0.2, 0.25) is 0 Å². The molecule has 1 amide bonds. The van der Waals surface area contributed by atoms with Crippen LogP contribution in [0, 0.1) is 11.6 Å². The van der Waals surface area contributed by atoms with Crippen molar-refractivity contribution in [3.8, 4) is 0 Å². The molecule has 6 heteroatoms. The van der Waals surface area contributed by atoms with Crippen LogP contribution in [-0.2, 0) is 4.79 Å². The van der Waals surface area contributed by atoms with E-state index in [0.717, 1.165) is 42.8 Å². The standard InChI is InChI=1S/C22H23F2N3O/c23-18-8-4-16(5-9-18)20-14-21(17-6-10-19(24)11-7-17)27(25-20)22(28)15-26-12-2-1-3-13-26/h4-11,21H,1-3,12-15H2/p+1/t21-/m1/s1. The van der Waals surface area contributed by atoms with Crippen LogP contribution in [0.4, 0.5) is 8.78 Å². The highest BCUT2D eigenvalue weighted by atomic mass is 19.1. The third-order valence-corrected chi connectivity index (χ3v) is 5.56. The number of hydrazone groups is 1. The number of halogens is 2. The first-order chi connectivity index (χ1) is 13.6. The van der Waals surface area contributed by atoms with E-state index in [9.17, 15) is 13.6 Å². The smallest absolute Gasteiger partial charge is 0.298 e. The molecule has 1 N–H and O–H groups in total. The van der Waals surface area contributed by atoms with Crippen LogP contribution in [0.1, 0.15) is 42.9 Å². The van der Waals surface area contributed by atoms with Crippen LogP contribution < -0.4 is 4.90 Å². The topological polar surface area (TPSA) is 37.1 Å². The average molecular weight is 384 g/mol. The van der Waals surface area contributed by atoms with Gasteiger partial charge in [-0.1, -0.05) is 24.3 Å². The number of piperidine rings is 1. The van der Waals surface area contributed by atoms with Gasteiger partial charge in [0.15, 0.2) is 6.54 Å². The maximum absolute atomic E-state index is 13.4. The number of likely N-dealkylation sites (tertiary alicyclic amines) is 1. The van der Waals surface area contributed by atoms with Gasteiger partial charge in [-0.3, -0.25) is 4.79 Å². The Bertz CT molecular complexity index is 858. The summed E-state index contributed by atoms with van der Waals surface area (Å²) in [7, 11) is 0. The summed E-state index contributed by atoms with van der Waals surface area (Å²) >= 11 is 0. The molecular formula is C22H24F2N3O+. The number of benzene rings is 2. The molecule has 2 aliphatic heterocycles. The zero-order valence-corrected chi connectivity index (χ0v) is 15.7. The minimum absolute atomic E-state index is 0.0247. The van der Waals surface area contributed by atoms with E-state index in [0.29, 0.717) is 13.0 Å². The average Bonchev–Trinajstić information content (AvgIpc) is 3.15. The van der Waals surface area contributed by atoms with Crippen LogP contribution in [0.5, 0.6) is 0 Å². The van der Waals surface area contributed by atoms with E-state index in [1.165, 1.54) is 35.6 Å². The zero-order valence-electron chi connectivity index (χ0n) is 15.7. The van der Waals surface area contributed by atoms with Crippen molar-refractivity contribution in [3.63, 3.8) is 0 Å². The maximum atomic E-state index is 13.4. The number of quaternary nitrogens is 1. The fourth-order valence-electron chi connectivity index (χ4n) is 4.03. The number of nitrogens with zero attached hydrogens (tertiary/aromatic N) is 2. The van der Waals surface area contributed by atoms with Crippen molar-refractivity contribution in [2.24, 2.45) is 5.10 Å². The van der Waals surface area contributed by atoms with Crippen molar-refractivity contribution in [2.75, 3.05) is 19.6 Å². The van der Waals surface area contributed by atoms with Crippen LogP contribution in [0.2, 0.25) is 0 Å². The highest BCUT2D eigenvalue weighted by Crippen LogP contribution is 2.32. The van der Waals surface area contributed by atoms with Crippen LogP contribution in [0.25, 0.3) is 0 Å². The molecule has 4 nitrogen and oxygen atoms in total. The number of hydrogen-bond acceptors (Lipinski definition) is 2. The molecular weight excluding hydrogens is 360 g/mol. The van der Waals surface area contributed by atoms with Gasteiger partial charge in [-0.25, -0.2) is 13.8 Å². The third kappa shape index (κ3) is 4.12. The maximum Gasteiger partial charge on any atom is 0.298 e. The van der Waals surface area contributed by atoms with E-state index in [1.807, 2.05) is 0 Å². The summed E-state index contributed by atoms with van der Waals surface area (Å²) in [5.74, 6) is -0.639. The molecule has 2 aromatic carbocycles. The van der Waals surface area contributed by atoms with Crippen molar-refractivity contribution in [1.29, 1.82) is 0 Å².